The number of allylic oxidation sites excluding steroid dienone is 2. The zero-order valence-corrected chi connectivity index (χ0v) is 23.2. The molecule has 1 unspecified atom stereocenters. The van der Waals surface area contributed by atoms with Crippen molar-refractivity contribution in [3.8, 4) is 22.6 Å². The maximum atomic E-state index is 13.5. The van der Waals surface area contributed by atoms with Crippen molar-refractivity contribution in [2.45, 2.75) is 31.3 Å². The van der Waals surface area contributed by atoms with Crippen LogP contribution in [0.2, 0.25) is 0 Å². The second-order valence-corrected chi connectivity index (χ2v) is 10.6. The molecule has 0 saturated heterocycles. The third kappa shape index (κ3) is 7.46. The first-order valence-corrected chi connectivity index (χ1v) is 13.8. The Balaban J connectivity index is 1.94. The molecule has 6 nitrogen and oxygen atoms in total. The van der Waals surface area contributed by atoms with E-state index in [1.165, 1.54) is 36.0 Å². The molecule has 0 saturated carbocycles. The molecule has 4 rings (SSSR count). The zero-order chi connectivity index (χ0) is 30.8. The maximum Gasteiger partial charge on any atom is 0.573 e. The molecule has 1 aromatic heterocycles. The van der Waals surface area contributed by atoms with Crippen LogP contribution in [-0.2, 0) is 17.0 Å². The van der Waals surface area contributed by atoms with Gasteiger partial charge in [0.1, 0.15) is 11.6 Å². The van der Waals surface area contributed by atoms with Gasteiger partial charge in [0.2, 0.25) is 0 Å². The minimum Gasteiger partial charge on any atom is -0.406 e. The molecule has 42 heavy (non-hydrogen) atoms. The molecular formula is C29H24F6N4O2S. The number of ether oxygens (including phenoxy) is 1. The van der Waals surface area contributed by atoms with Crippen LogP contribution in [0.15, 0.2) is 94.6 Å². The van der Waals surface area contributed by atoms with Gasteiger partial charge in [-0.3, -0.25) is 4.21 Å². The van der Waals surface area contributed by atoms with Crippen molar-refractivity contribution in [3.05, 3.63) is 102 Å². The lowest BCUT2D eigenvalue weighted by atomic mass is 9.98. The first-order chi connectivity index (χ1) is 19.6. The van der Waals surface area contributed by atoms with Crippen LogP contribution in [0.4, 0.5) is 32.0 Å². The third-order valence-corrected chi connectivity index (χ3v) is 6.81. The predicted molar refractivity (Wildman–Crippen MR) is 148 cm³/mol. The summed E-state index contributed by atoms with van der Waals surface area (Å²) in [5.74, 6) is -0.390. The van der Waals surface area contributed by atoms with E-state index < -0.39 is 34.8 Å². The molecule has 220 valence electrons. The Morgan fingerprint density at radius 1 is 1.00 bits per heavy atom. The summed E-state index contributed by atoms with van der Waals surface area (Å²) < 4.78 is 95.6. The largest absolute Gasteiger partial charge is 0.573 e. The molecule has 0 aliphatic rings. The lowest BCUT2D eigenvalue weighted by Crippen LogP contribution is -2.16. The van der Waals surface area contributed by atoms with E-state index >= 15 is 0 Å². The number of rotatable bonds is 7. The number of aryl methyl sites for hydroxylation is 1. The molecule has 4 aromatic rings. The topological polar surface area (TPSA) is 82.5 Å². The van der Waals surface area contributed by atoms with E-state index in [0.717, 1.165) is 18.3 Å². The average Bonchev–Trinajstić information content (AvgIpc) is 3.30. The Bertz CT molecular complexity index is 1690. The van der Waals surface area contributed by atoms with Gasteiger partial charge in [-0.1, -0.05) is 18.2 Å². The van der Waals surface area contributed by atoms with Crippen LogP contribution in [0.5, 0.6) is 5.75 Å². The van der Waals surface area contributed by atoms with E-state index in [-0.39, 0.29) is 17.2 Å². The van der Waals surface area contributed by atoms with Crippen molar-refractivity contribution in [1.82, 2.24) is 9.55 Å². The second-order valence-electron chi connectivity index (χ2n) is 9.18. The van der Waals surface area contributed by atoms with E-state index in [1.54, 1.807) is 49.4 Å². The van der Waals surface area contributed by atoms with Crippen LogP contribution in [0.1, 0.15) is 24.0 Å². The zero-order valence-electron chi connectivity index (χ0n) is 22.4. The summed E-state index contributed by atoms with van der Waals surface area (Å²) in [6.45, 7) is 3.01. The average molecular weight is 607 g/mol. The first-order valence-electron chi connectivity index (χ1n) is 12.2. The van der Waals surface area contributed by atoms with Crippen molar-refractivity contribution in [2.24, 2.45) is 10.7 Å². The molecule has 0 aliphatic carbocycles. The van der Waals surface area contributed by atoms with E-state index in [9.17, 15) is 30.6 Å². The standard InChI is InChI=1S/C29H24F6N4O2S/c1-17(36)13-25(38-21-8-10-22(11-9-21)41-29(33,34)35)24-15-20(19-5-4-6-23(14-19)42(3)40)7-12-26(24)39-16-27(28(30,31)32)37-18(39)2/h4-16H,36H2,1-3H3. The first kappa shape index (κ1) is 30.6. The van der Waals surface area contributed by atoms with E-state index in [4.69, 9.17) is 5.73 Å². The molecule has 13 heteroatoms. The lowest BCUT2D eigenvalue weighted by molar-refractivity contribution is -0.274. The Kier molecular flexibility index (Phi) is 8.62. The summed E-state index contributed by atoms with van der Waals surface area (Å²) >= 11 is 0. The number of aromatic nitrogens is 2. The summed E-state index contributed by atoms with van der Waals surface area (Å²) in [6.07, 6.45) is -5.65. The quantitative estimate of drug-likeness (QED) is 0.175. The summed E-state index contributed by atoms with van der Waals surface area (Å²) in [6, 6.07) is 16.7. The molecule has 3 aromatic carbocycles. The molecular weight excluding hydrogens is 582 g/mol. The van der Waals surface area contributed by atoms with Crippen molar-refractivity contribution < 1.29 is 35.3 Å². The highest BCUT2D eigenvalue weighted by molar-refractivity contribution is 7.84. The van der Waals surface area contributed by atoms with Gasteiger partial charge in [0.15, 0.2) is 5.69 Å². The fraction of sp³-hybridized carbons (Fsp3) is 0.172. The number of hydrogen-bond donors (Lipinski definition) is 1. The van der Waals surface area contributed by atoms with Gasteiger partial charge in [0.25, 0.3) is 0 Å². The van der Waals surface area contributed by atoms with Crippen molar-refractivity contribution in [3.63, 3.8) is 0 Å². The summed E-state index contributed by atoms with van der Waals surface area (Å²) in [5, 5.41) is 0. The Morgan fingerprint density at radius 3 is 2.24 bits per heavy atom. The molecule has 0 fully saturated rings. The van der Waals surface area contributed by atoms with Gasteiger partial charge in [-0.05, 0) is 79.6 Å². The number of alkyl halides is 6. The number of nitrogens with zero attached hydrogens (tertiary/aromatic N) is 3. The molecule has 0 aliphatic heterocycles. The van der Waals surface area contributed by atoms with Crippen molar-refractivity contribution in [1.29, 1.82) is 0 Å². The van der Waals surface area contributed by atoms with Crippen LogP contribution >= 0.6 is 0 Å². The van der Waals surface area contributed by atoms with Gasteiger partial charge in [-0.25, -0.2) is 9.98 Å². The minimum atomic E-state index is -4.87. The van der Waals surface area contributed by atoms with Gasteiger partial charge >= 0.3 is 12.5 Å². The molecule has 1 atom stereocenters. The smallest absolute Gasteiger partial charge is 0.406 e. The van der Waals surface area contributed by atoms with Crippen LogP contribution in [0, 0.1) is 6.92 Å². The van der Waals surface area contributed by atoms with Gasteiger partial charge < -0.3 is 15.0 Å². The number of hydrogen-bond acceptors (Lipinski definition) is 5. The molecule has 2 N–H and O–H groups in total. The van der Waals surface area contributed by atoms with Crippen LogP contribution in [0.25, 0.3) is 16.8 Å². The Morgan fingerprint density at radius 2 is 1.67 bits per heavy atom. The normalized spacial score (nSPS) is 13.7. The van der Waals surface area contributed by atoms with Crippen molar-refractivity contribution in [2.75, 3.05) is 6.26 Å². The number of imidazole rings is 1. The molecule has 0 radical (unpaired) electrons. The number of aliphatic imine (C=N–C) groups is 1. The van der Waals surface area contributed by atoms with E-state index in [0.29, 0.717) is 33.0 Å². The van der Waals surface area contributed by atoms with Gasteiger partial charge in [-0.2, -0.15) is 13.2 Å². The van der Waals surface area contributed by atoms with E-state index in [1.807, 2.05) is 0 Å². The van der Waals surface area contributed by atoms with Crippen LogP contribution < -0.4 is 10.5 Å². The molecule has 0 spiro atoms. The van der Waals surface area contributed by atoms with Gasteiger partial charge in [0, 0.05) is 39.4 Å². The lowest BCUT2D eigenvalue weighted by Gasteiger charge is -2.16. The number of halogens is 6. The monoisotopic (exact) mass is 606 g/mol. The van der Waals surface area contributed by atoms with Crippen LogP contribution in [0.3, 0.4) is 0 Å². The fourth-order valence-corrected chi connectivity index (χ4v) is 4.65. The third-order valence-electron chi connectivity index (χ3n) is 5.89. The highest BCUT2D eigenvalue weighted by atomic mass is 32.2. The maximum absolute atomic E-state index is 13.5. The highest BCUT2D eigenvalue weighted by Gasteiger charge is 2.35. The summed E-state index contributed by atoms with van der Waals surface area (Å²) in [4.78, 5) is 8.83. The number of nitrogens with two attached hydrogens (primary N) is 1. The summed E-state index contributed by atoms with van der Waals surface area (Å²) in [5.41, 5.74) is 7.64. The minimum absolute atomic E-state index is 0.0566. The fourth-order valence-electron chi connectivity index (χ4n) is 4.09. The van der Waals surface area contributed by atoms with E-state index in [2.05, 4.69) is 14.7 Å². The second kappa shape index (κ2) is 11.8. The van der Waals surface area contributed by atoms with Gasteiger partial charge in [0.05, 0.1) is 17.1 Å². The molecule has 1 heterocycles. The highest BCUT2D eigenvalue weighted by Crippen LogP contribution is 2.33. The van der Waals surface area contributed by atoms with Gasteiger partial charge in [-0.15, -0.1) is 13.2 Å². The van der Waals surface area contributed by atoms with Crippen LogP contribution in [-0.4, -0.2) is 32.1 Å². The Labute approximate surface area is 239 Å². The SMILES string of the molecule is CC(N)=CC(=Nc1ccc(OC(F)(F)F)cc1)c1cc(-c2cccc(S(C)=O)c2)ccc1-n1cc(C(F)(F)F)nc1C. The predicted octanol–water partition coefficient (Wildman–Crippen LogP) is 7.49. The Hall–Kier alpha value is -4.39. The molecule has 0 bridgehead atoms. The van der Waals surface area contributed by atoms with Crippen molar-refractivity contribution >= 4 is 22.2 Å². The summed E-state index contributed by atoms with van der Waals surface area (Å²) in [7, 11) is -1.26. The molecule has 0 amide bonds. The number of benzene rings is 3.